The van der Waals surface area contributed by atoms with Gasteiger partial charge in [0.15, 0.2) is 0 Å². The fourth-order valence-corrected chi connectivity index (χ4v) is 3.79. The summed E-state index contributed by atoms with van der Waals surface area (Å²) in [6.07, 6.45) is 6.21. The Labute approximate surface area is 138 Å². The lowest BCUT2D eigenvalue weighted by Gasteiger charge is -2.22. The maximum absolute atomic E-state index is 4.71. The summed E-state index contributed by atoms with van der Waals surface area (Å²) in [5.74, 6) is 0. The summed E-state index contributed by atoms with van der Waals surface area (Å²) < 4.78 is 0. The molecule has 3 heterocycles. The first-order valence-corrected chi connectivity index (χ1v) is 8.60. The maximum Gasteiger partial charge on any atom is 0.0638 e. The zero-order valence-electron chi connectivity index (χ0n) is 13.5. The first kappa shape index (κ1) is 14.6. The quantitative estimate of drug-likeness (QED) is 0.693. The standard InChI is InChI=1S/C19H20N3P/c1-11-6-13-7-15(18(23)8-14(13)9-21-11)16-10-22-17-4-3-5-20-19(17)12(16)2/h6-10,20H,3-5,23H2,1-2H3. The molecule has 0 bridgehead atoms. The number of hydrogen-bond acceptors (Lipinski definition) is 3. The van der Waals surface area contributed by atoms with Crippen molar-refractivity contribution in [3.8, 4) is 11.1 Å². The summed E-state index contributed by atoms with van der Waals surface area (Å²) in [6.45, 7) is 5.26. The summed E-state index contributed by atoms with van der Waals surface area (Å²) in [6, 6.07) is 6.59. The van der Waals surface area contributed by atoms with E-state index < -0.39 is 0 Å². The van der Waals surface area contributed by atoms with Gasteiger partial charge in [0.25, 0.3) is 0 Å². The number of anilines is 1. The summed E-state index contributed by atoms with van der Waals surface area (Å²) in [5, 5.41) is 7.11. The van der Waals surface area contributed by atoms with E-state index in [1.807, 2.05) is 19.3 Å². The monoisotopic (exact) mass is 321 g/mol. The topological polar surface area (TPSA) is 37.8 Å². The third kappa shape index (κ3) is 2.49. The molecule has 0 spiro atoms. The van der Waals surface area contributed by atoms with E-state index in [0.717, 1.165) is 25.1 Å². The van der Waals surface area contributed by atoms with Gasteiger partial charge >= 0.3 is 0 Å². The number of aromatic nitrogens is 2. The summed E-state index contributed by atoms with van der Waals surface area (Å²) >= 11 is 0. The number of benzene rings is 1. The summed E-state index contributed by atoms with van der Waals surface area (Å²) in [7, 11) is 2.86. The Morgan fingerprint density at radius 2 is 1.87 bits per heavy atom. The van der Waals surface area contributed by atoms with Crippen molar-refractivity contribution in [3.05, 3.63) is 47.5 Å². The van der Waals surface area contributed by atoms with Crippen molar-refractivity contribution in [2.24, 2.45) is 0 Å². The van der Waals surface area contributed by atoms with Gasteiger partial charge in [0.2, 0.25) is 0 Å². The van der Waals surface area contributed by atoms with Gasteiger partial charge in [0.1, 0.15) is 0 Å². The molecule has 1 N–H and O–H groups in total. The molecular weight excluding hydrogens is 301 g/mol. The second kappa shape index (κ2) is 5.58. The molecule has 3 aromatic rings. The minimum absolute atomic E-state index is 1.04. The second-order valence-corrected chi connectivity index (χ2v) is 6.88. The van der Waals surface area contributed by atoms with Crippen LogP contribution in [0.3, 0.4) is 0 Å². The van der Waals surface area contributed by atoms with Crippen LogP contribution in [0.5, 0.6) is 0 Å². The highest BCUT2D eigenvalue weighted by Crippen LogP contribution is 2.33. The van der Waals surface area contributed by atoms with Crippen LogP contribution in [0, 0.1) is 13.8 Å². The number of fused-ring (bicyclic) bond motifs is 2. The molecule has 4 rings (SSSR count). The van der Waals surface area contributed by atoms with Gasteiger partial charge in [-0.1, -0.05) is 0 Å². The van der Waals surface area contributed by atoms with Gasteiger partial charge in [-0.05, 0) is 66.7 Å². The molecule has 1 aliphatic heterocycles. The van der Waals surface area contributed by atoms with E-state index in [1.54, 1.807) is 0 Å². The Morgan fingerprint density at radius 3 is 2.74 bits per heavy atom. The Kier molecular flexibility index (Phi) is 3.54. The van der Waals surface area contributed by atoms with E-state index in [4.69, 9.17) is 4.98 Å². The van der Waals surface area contributed by atoms with E-state index in [1.165, 1.54) is 44.1 Å². The Hall–Kier alpha value is -1.99. The van der Waals surface area contributed by atoms with Crippen LogP contribution in [-0.4, -0.2) is 16.5 Å². The highest BCUT2D eigenvalue weighted by atomic mass is 31.0. The molecule has 0 aliphatic carbocycles. The lowest BCUT2D eigenvalue weighted by Crippen LogP contribution is -2.15. The molecule has 1 atom stereocenters. The maximum atomic E-state index is 4.71. The summed E-state index contributed by atoms with van der Waals surface area (Å²) in [4.78, 5) is 9.11. The van der Waals surface area contributed by atoms with Crippen molar-refractivity contribution in [2.75, 3.05) is 11.9 Å². The molecule has 0 saturated heterocycles. The van der Waals surface area contributed by atoms with Crippen molar-refractivity contribution in [2.45, 2.75) is 26.7 Å². The minimum Gasteiger partial charge on any atom is -0.383 e. The third-order valence-corrected chi connectivity index (χ3v) is 5.10. The first-order valence-electron chi connectivity index (χ1n) is 8.02. The van der Waals surface area contributed by atoms with Gasteiger partial charge in [-0.3, -0.25) is 9.97 Å². The van der Waals surface area contributed by atoms with E-state index in [0.29, 0.717) is 0 Å². The van der Waals surface area contributed by atoms with Crippen LogP contribution in [0.25, 0.3) is 21.9 Å². The van der Waals surface area contributed by atoms with Gasteiger partial charge in [-0.15, -0.1) is 9.24 Å². The first-order chi connectivity index (χ1) is 11.1. The van der Waals surface area contributed by atoms with Crippen molar-refractivity contribution in [1.82, 2.24) is 9.97 Å². The van der Waals surface area contributed by atoms with Gasteiger partial charge in [0, 0.05) is 35.6 Å². The summed E-state index contributed by atoms with van der Waals surface area (Å²) in [5.41, 5.74) is 7.20. The molecule has 23 heavy (non-hydrogen) atoms. The second-order valence-electron chi connectivity index (χ2n) is 6.26. The number of nitrogens with one attached hydrogen (secondary N) is 1. The number of rotatable bonds is 1. The number of aryl methyl sites for hydroxylation is 2. The van der Waals surface area contributed by atoms with Gasteiger partial charge < -0.3 is 5.32 Å². The zero-order valence-corrected chi connectivity index (χ0v) is 14.6. The van der Waals surface area contributed by atoms with Crippen molar-refractivity contribution < 1.29 is 0 Å². The molecule has 0 amide bonds. The molecule has 3 nitrogen and oxygen atoms in total. The average Bonchev–Trinajstić information content (AvgIpc) is 2.56. The molecule has 116 valence electrons. The molecule has 1 unspecified atom stereocenters. The highest BCUT2D eigenvalue weighted by Gasteiger charge is 2.17. The third-order valence-electron chi connectivity index (χ3n) is 4.63. The predicted octanol–water partition coefficient (Wildman–Crippen LogP) is 3.77. The molecular formula is C19H20N3P. The molecule has 0 saturated carbocycles. The van der Waals surface area contributed by atoms with Gasteiger partial charge in [0.05, 0.1) is 11.4 Å². The normalized spacial score (nSPS) is 13.7. The fourth-order valence-electron chi connectivity index (χ4n) is 3.37. The molecule has 4 heteroatoms. The Bertz CT molecular complexity index is 918. The zero-order chi connectivity index (χ0) is 16.0. The lowest BCUT2D eigenvalue weighted by molar-refractivity contribution is 0.799. The van der Waals surface area contributed by atoms with E-state index >= 15 is 0 Å². The van der Waals surface area contributed by atoms with Crippen LogP contribution in [0.15, 0.2) is 30.6 Å². The minimum atomic E-state index is 1.04. The SMILES string of the molecule is Cc1cc2cc(-c3cnc4c(c3C)NCCC4)c(P)cc2cn1. The van der Waals surface area contributed by atoms with Crippen LogP contribution in [0.1, 0.15) is 23.4 Å². The Morgan fingerprint density at radius 1 is 1.00 bits per heavy atom. The smallest absolute Gasteiger partial charge is 0.0638 e. The molecule has 1 aromatic carbocycles. The largest absolute Gasteiger partial charge is 0.383 e. The molecule has 2 aromatic heterocycles. The molecule has 1 aliphatic rings. The van der Waals surface area contributed by atoms with E-state index in [-0.39, 0.29) is 0 Å². The predicted molar refractivity (Wildman–Crippen MR) is 101 cm³/mol. The van der Waals surface area contributed by atoms with E-state index in [2.05, 4.69) is 44.7 Å². The Balaban J connectivity index is 1.93. The van der Waals surface area contributed by atoms with Crippen LogP contribution < -0.4 is 10.6 Å². The van der Waals surface area contributed by atoms with Crippen LogP contribution in [-0.2, 0) is 6.42 Å². The van der Waals surface area contributed by atoms with Gasteiger partial charge in [-0.2, -0.15) is 0 Å². The lowest BCUT2D eigenvalue weighted by atomic mass is 9.96. The van der Waals surface area contributed by atoms with Crippen molar-refractivity contribution in [3.63, 3.8) is 0 Å². The van der Waals surface area contributed by atoms with Crippen LogP contribution >= 0.6 is 9.24 Å². The number of nitrogens with zero attached hydrogens (tertiary/aromatic N) is 2. The van der Waals surface area contributed by atoms with Crippen LogP contribution in [0.4, 0.5) is 5.69 Å². The van der Waals surface area contributed by atoms with E-state index in [9.17, 15) is 0 Å². The molecule has 0 radical (unpaired) electrons. The number of hydrogen-bond donors (Lipinski definition) is 1. The highest BCUT2D eigenvalue weighted by molar-refractivity contribution is 7.28. The van der Waals surface area contributed by atoms with Crippen LogP contribution in [0.2, 0.25) is 0 Å². The van der Waals surface area contributed by atoms with Crippen molar-refractivity contribution >= 4 is 31.0 Å². The molecule has 0 fully saturated rings. The average molecular weight is 321 g/mol. The number of pyridine rings is 2. The van der Waals surface area contributed by atoms with Gasteiger partial charge in [-0.25, -0.2) is 0 Å². The van der Waals surface area contributed by atoms with Crippen molar-refractivity contribution in [1.29, 1.82) is 0 Å². The fraction of sp³-hybridized carbons (Fsp3) is 0.263.